The number of rotatable bonds is 4. The second kappa shape index (κ2) is 6.76. The Hall–Kier alpha value is -2.55. The lowest BCUT2D eigenvalue weighted by molar-refractivity contribution is -0.131. The summed E-state index contributed by atoms with van der Waals surface area (Å²) >= 11 is 0. The summed E-state index contributed by atoms with van der Waals surface area (Å²) in [5, 5.41) is 22.0. The third kappa shape index (κ3) is 3.37. The Morgan fingerprint density at radius 3 is 2.28 bits per heavy atom. The van der Waals surface area contributed by atoms with E-state index in [1.807, 2.05) is 30.4 Å². The lowest BCUT2D eigenvalue weighted by Gasteiger charge is -2.57. The number of benzene rings is 2. The highest BCUT2D eigenvalue weighted by molar-refractivity contribution is 5.87. The number of carboxylic acids is 1. The maximum absolute atomic E-state index is 10.9. The van der Waals surface area contributed by atoms with Crippen molar-refractivity contribution in [2.75, 3.05) is 0 Å². The van der Waals surface area contributed by atoms with Crippen molar-refractivity contribution in [2.24, 2.45) is 17.8 Å². The van der Waals surface area contributed by atoms with Crippen LogP contribution in [-0.4, -0.2) is 16.2 Å². The summed E-state index contributed by atoms with van der Waals surface area (Å²) in [6, 6.07) is 10.4. The molecule has 2 aromatic carbocycles. The zero-order valence-electron chi connectivity index (χ0n) is 16.9. The van der Waals surface area contributed by atoms with Crippen LogP contribution in [-0.2, 0) is 10.2 Å². The van der Waals surface area contributed by atoms with E-state index in [1.54, 1.807) is 6.92 Å². The van der Waals surface area contributed by atoms with Crippen LogP contribution in [0.15, 0.2) is 48.1 Å². The van der Waals surface area contributed by atoms with Crippen molar-refractivity contribution >= 4 is 22.8 Å². The molecule has 0 atom stereocenters. The molecule has 0 amide bonds. The van der Waals surface area contributed by atoms with Gasteiger partial charge in [0, 0.05) is 11.6 Å². The van der Waals surface area contributed by atoms with Gasteiger partial charge in [0.1, 0.15) is 5.75 Å². The standard InChI is InChI=1S/C26H28O3/c1-16(6-25(28)29)2-3-17-4-5-21-12-24(27)23(11-22(21)10-17)26-13-18-7-19(14-26)9-20(8-18)15-26/h2-6,10-12,18-20,27H,7-9,13-15H2,1H3,(H,28,29). The molecule has 4 fully saturated rings. The fourth-order valence-electron chi connectivity index (χ4n) is 6.74. The van der Waals surface area contributed by atoms with Crippen molar-refractivity contribution in [1.82, 2.24) is 0 Å². The summed E-state index contributed by atoms with van der Waals surface area (Å²) in [5.74, 6) is 2.06. The van der Waals surface area contributed by atoms with Crippen LogP contribution in [0.4, 0.5) is 0 Å². The zero-order chi connectivity index (χ0) is 20.2. The fourth-order valence-corrected chi connectivity index (χ4v) is 6.74. The van der Waals surface area contributed by atoms with Gasteiger partial charge in [-0.15, -0.1) is 0 Å². The summed E-state index contributed by atoms with van der Waals surface area (Å²) in [6.45, 7) is 1.79. The number of hydrogen-bond donors (Lipinski definition) is 2. The van der Waals surface area contributed by atoms with Crippen LogP contribution < -0.4 is 0 Å². The maximum Gasteiger partial charge on any atom is 0.328 e. The first-order chi connectivity index (χ1) is 13.9. The van der Waals surface area contributed by atoms with Crippen molar-refractivity contribution in [3.05, 3.63) is 59.2 Å². The molecule has 2 N–H and O–H groups in total. The van der Waals surface area contributed by atoms with E-state index in [9.17, 15) is 9.90 Å². The van der Waals surface area contributed by atoms with Gasteiger partial charge in [0.15, 0.2) is 0 Å². The van der Waals surface area contributed by atoms with Gasteiger partial charge in [-0.05, 0) is 109 Å². The van der Waals surface area contributed by atoms with E-state index in [0.717, 1.165) is 39.7 Å². The lowest BCUT2D eigenvalue weighted by Crippen LogP contribution is -2.48. The Morgan fingerprint density at radius 2 is 1.66 bits per heavy atom. The minimum absolute atomic E-state index is 0.166. The van der Waals surface area contributed by atoms with Gasteiger partial charge in [0.25, 0.3) is 0 Å². The molecule has 0 aromatic heterocycles. The molecule has 0 aliphatic heterocycles. The molecule has 4 bridgehead atoms. The summed E-state index contributed by atoms with van der Waals surface area (Å²) in [4.78, 5) is 10.8. The predicted molar refractivity (Wildman–Crippen MR) is 116 cm³/mol. The fraction of sp³-hybridized carbons (Fsp3) is 0.423. The number of aromatic hydroxyl groups is 1. The summed E-state index contributed by atoms with van der Waals surface area (Å²) in [6.07, 6.45) is 12.9. The van der Waals surface area contributed by atoms with E-state index in [0.29, 0.717) is 11.3 Å². The van der Waals surface area contributed by atoms with Crippen molar-refractivity contribution in [3.63, 3.8) is 0 Å². The molecule has 2 aromatic rings. The molecule has 29 heavy (non-hydrogen) atoms. The lowest BCUT2D eigenvalue weighted by atomic mass is 9.48. The van der Waals surface area contributed by atoms with E-state index in [-0.39, 0.29) is 5.41 Å². The Kier molecular flexibility index (Phi) is 4.31. The third-order valence-corrected chi connectivity index (χ3v) is 7.48. The number of carboxylic acid groups (broad SMARTS) is 1. The van der Waals surface area contributed by atoms with Gasteiger partial charge in [-0.25, -0.2) is 4.79 Å². The molecule has 4 aliphatic rings. The molecule has 0 spiro atoms. The van der Waals surface area contributed by atoms with Crippen LogP contribution in [0.25, 0.3) is 16.8 Å². The van der Waals surface area contributed by atoms with Crippen molar-refractivity contribution in [3.8, 4) is 5.75 Å². The van der Waals surface area contributed by atoms with Gasteiger partial charge < -0.3 is 10.2 Å². The molecule has 3 nitrogen and oxygen atoms in total. The SMILES string of the molecule is CC(C=Cc1ccc2cc(O)c(C34CC5CC(CC(C5)C3)C4)cc2c1)=CC(=O)O. The normalized spacial score (nSPS) is 31.1. The predicted octanol–water partition coefficient (Wildman–Crippen LogP) is 6.06. The zero-order valence-corrected chi connectivity index (χ0v) is 16.9. The molecule has 0 radical (unpaired) electrons. The summed E-state index contributed by atoms with van der Waals surface area (Å²) in [7, 11) is 0. The van der Waals surface area contributed by atoms with Crippen LogP contribution in [0.1, 0.15) is 56.6 Å². The number of hydrogen-bond acceptors (Lipinski definition) is 2. The Bertz CT molecular complexity index is 1010. The van der Waals surface area contributed by atoms with Crippen molar-refractivity contribution in [2.45, 2.75) is 50.9 Å². The number of fused-ring (bicyclic) bond motifs is 1. The van der Waals surface area contributed by atoms with Gasteiger partial charge in [-0.3, -0.25) is 0 Å². The van der Waals surface area contributed by atoms with Gasteiger partial charge >= 0.3 is 5.97 Å². The Morgan fingerprint density at radius 1 is 1.00 bits per heavy atom. The topological polar surface area (TPSA) is 57.5 Å². The summed E-state index contributed by atoms with van der Waals surface area (Å²) < 4.78 is 0. The van der Waals surface area contributed by atoms with Gasteiger partial charge in [-0.2, -0.15) is 0 Å². The largest absolute Gasteiger partial charge is 0.508 e. The van der Waals surface area contributed by atoms with Crippen LogP contribution in [0, 0.1) is 17.8 Å². The van der Waals surface area contributed by atoms with E-state index >= 15 is 0 Å². The van der Waals surface area contributed by atoms with E-state index in [1.165, 1.54) is 44.6 Å². The van der Waals surface area contributed by atoms with Crippen LogP contribution in [0.2, 0.25) is 0 Å². The third-order valence-electron chi connectivity index (χ3n) is 7.48. The molecular formula is C26H28O3. The number of aliphatic carboxylic acids is 1. The Balaban J connectivity index is 1.52. The molecule has 4 saturated carbocycles. The van der Waals surface area contributed by atoms with E-state index in [4.69, 9.17) is 5.11 Å². The molecule has 4 aliphatic carbocycles. The quantitative estimate of drug-likeness (QED) is 0.494. The highest BCUT2D eigenvalue weighted by Crippen LogP contribution is 2.62. The van der Waals surface area contributed by atoms with Gasteiger partial charge in [0.2, 0.25) is 0 Å². The van der Waals surface area contributed by atoms with E-state index < -0.39 is 5.97 Å². The number of carbonyl (C=O) groups is 1. The van der Waals surface area contributed by atoms with E-state index in [2.05, 4.69) is 12.1 Å². The first-order valence-corrected chi connectivity index (χ1v) is 10.8. The smallest absolute Gasteiger partial charge is 0.328 e. The van der Waals surface area contributed by atoms with Crippen molar-refractivity contribution in [1.29, 1.82) is 0 Å². The molecule has 0 heterocycles. The first-order valence-electron chi connectivity index (χ1n) is 10.8. The van der Waals surface area contributed by atoms with Crippen LogP contribution in [0.3, 0.4) is 0 Å². The molecule has 0 saturated heterocycles. The highest BCUT2D eigenvalue weighted by Gasteiger charge is 2.52. The number of phenols is 1. The van der Waals surface area contributed by atoms with Gasteiger partial charge in [-0.1, -0.05) is 24.3 Å². The van der Waals surface area contributed by atoms with Crippen molar-refractivity contribution < 1.29 is 15.0 Å². The average molecular weight is 389 g/mol. The average Bonchev–Trinajstić information content (AvgIpc) is 2.64. The molecule has 0 unspecified atom stereocenters. The summed E-state index contributed by atoms with van der Waals surface area (Å²) in [5.41, 5.74) is 3.07. The monoisotopic (exact) mass is 388 g/mol. The Labute approximate surface area is 171 Å². The number of phenolic OH excluding ortho intramolecular Hbond substituents is 1. The van der Waals surface area contributed by atoms with Gasteiger partial charge in [0.05, 0.1) is 0 Å². The molecule has 3 heteroatoms. The number of allylic oxidation sites excluding steroid dienone is 2. The minimum atomic E-state index is -0.929. The first kappa shape index (κ1) is 18.5. The second-order valence-electron chi connectivity index (χ2n) is 9.73. The molecular weight excluding hydrogens is 360 g/mol. The highest BCUT2D eigenvalue weighted by atomic mass is 16.4. The van der Waals surface area contributed by atoms with Crippen LogP contribution in [0.5, 0.6) is 5.75 Å². The second-order valence-corrected chi connectivity index (χ2v) is 9.73. The molecule has 150 valence electrons. The maximum atomic E-state index is 10.9. The minimum Gasteiger partial charge on any atom is -0.508 e. The van der Waals surface area contributed by atoms with Crippen LogP contribution >= 0.6 is 0 Å². The molecule has 6 rings (SSSR count).